The molecule has 0 radical (unpaired) electrons. The van der Waals surface area contributed by atoms with Crippen LogP contribution >= 0.6 is 0 Å². The maximum atomic E-state index is 14.6. The van der Waals surface area contributed by atoms with Gasteiger partial charge in [-0.3, -0.25) is 9.59 Å². The van der Waals surface area contributed by atoms with Crippen LogP contribution in [0.2, 0.25) is 0 Å². The third-order valence-corrected chi connectivity index (χ3v) is 7.68. The summed E-state index contributed by atoms with van der Waals surface area (Å²) in [6.07, 6.45) is 0.634. The molecule has 5 atom stereocenters. The van der Waals surface area contributed by atoms with Crippen LogP contribution in [0.1, 0.15) is 105 Å². The van der Waals surface area contributed by atoms with E-state index >= 15 is 0 Å². The van der Waals surface area contributed by atoms with E-state index in [-0.39, 0.29) is 12.3 Å². The number of amides is 3. The number of nitrogens with one attached hydrogen (secondary N) is 2. The Morgan fingerprint density at radius 1 is 0.783 bits per heavy atom. The number of carbonyl (C=O) groups is 4. The first-order chi connectivity index (χ1) is 21.4. The first-order valence-electron chi connectivity index (χ1n) is 16.3. The number of hydrogen-bond acceptors (Lipinski definition) is 6. The first-order valence-corrected chi connectivity index (χ1v) is 16.3. The van der Waals surface area contributed by atoms with Crippen LogP contribution < -0.4 is 10.6 Å². The molecule has 0 saturated heterocycles. The Morgan fingerprint density at radius 3 is 1.85 bits per heavy atom. The molecule has 5 unspecified atom stereocenters. The Hall–Kier alpha value is -3.88. The Morgan fingerprint density at radius 2 is 1.35 bits per heavy atom. The predicted molar refractivity (Wildman–Crippen MR) is 181 cm³/mol. The molecule has 254 valence electrons. The zero-order valence-corrected chi connectivity index (χ0v) is 29.6. The minimum atomic E-state index is -1.10. The Kier molecular flexibility index (Phi) is 13.8. The number of rotatable bonds is 13. The van der Waals surface area contributed by atoms with Crippen molar-refractivity contribution in [3.8, 4) is 0 Å². The molecule has 0 aliphatic carbocycles. The third-order valence-electron chi connectivity index (χ3n) is 7.68. The largest absolute Gasteiger partial charge is 0.458 e. The summed E-state index contributed by atoms with van der Waals surface area (Å²) in [4.78, 5) is 57.1. The first kappa shape index (κ1) is 38.3. The molecule has 0 heterocycles. The van der Waals surface area contributed by atoms with Gasteiger partial charge >= 0.3 is 12.1 Å². The van der Waals surface area contributed by atoms with Gasteiger partial charge in [0.15, 0.2) is 0 Å². The molecule has 9 heteroatoms. The molecule has 0 bridgehead atoms. The van der Waals surface area contributed by atoms with Crippen LogP contribution in [0.3, 0.4) is 0 Å². The molecule has 46 heavy (non-hydrogen) atoms. The quantitative estimate of drug-likeness (QED) is 0.237. The van der Waals surface area contributed by atoms with E-state index in [0.29, 0.717) is 18.4 Å². The number of alkyl carbamates (subject to hydrolysis) is 1. The van der Waals surface area contributed by atoms with Gasteiger partial charge in [-0.05, 0) is 78.9 Å². The van der Waals surface area contributed by atoms with Crippen molar-refractivity contribution in [3.05, 3.63) is 71.3 Å². The number of aryl methyl sites for hydroxylation is 1. The lowest BCUT2D eigenvalue weighted by molar-refractivity contribution is -0.159. The molecule has 0 fully saturated rings. The van der Waals surface area contributed by atoms with Crippen LogP contribution in [0, 0.1) is 12.8 Å². The summed E-state index contributed by atoms with van der Waals surface area (Å²) in [5.74, 6) is -1.77. The average molecular weight is 638 g/mol. The molecule has 0 spiro atoms. The molecule has 0 aliphatic rings. The summed E-state index contributed by atoms with van der Waals surface area (Å²) in [7, 11) is 0. The topological polar surface area (TPSA) is 114 Å². The summed E-state index contributed by atoms with van der Waals surface area (Å²) in [5, 5.41) is 5.75. The zero-order valence-electron chi connectivity index (χ0n) is 29.6. The second kappa shape index (κ2) is 16.6. The molecule has 2 aromatic rings. The number of esters is 1. The van der Waals surface area contributed by atoms with Crippen molar-refractivity contribution in [1.82, 2.24) is 15.5 Å². The van der Waals surface area contributed by atoms with E-state index in [1.165, 1.54) is 0 Å². The fraction of sp³-hybridized carbons (Fsp3) is 0.568. The van der Waals surface area contributed by atoms with Crippen molar-refractivity contribution < 1.29 is 28.7 Å². The number of benzene rings is 2. The lowest BCUT2D eigenvalue weighted by atomic mass is 9.94. The van der Waals surface area contributed by atoms with E-state index in [1.807, 2.05) is 89.2 Å². The van der Waals surface area contributed by atoms with Gasteiger partial charge in [0, 0.05) is 12.5 Å². The molecule has 0 saturated carbocycles. The van der Waals surface area contributed by atoms with E-state index in [2.05, 4.69) is 10.6 Å². The highest BCUT2D eigenvalue weighted by Gasteiger charge is 2.41. The van der Waals surface area contributed by atoms with E-state index in [9.17, 15) is 19.2 Å². The van der Waals surface area contributed by atoms with Crippen molar-refractivity contribution in [2.45, 2.75) is 131 Å². The zero-order chi connectivity index (χ0) is 34.8. The highest BCUT2D eigenvalue weighted by atomic mass is 16.6. The summed E-state index contributed by atoms with van der Waals surface area (Å²) < 4.78 is 11.2. The van der Waals surface area contributed by atoms with Gasteiger partial charge in [-0.2, -0.15) is 0 Å². The molecule has 2 rings (SSSR count). The Bertz CT molecular complexity index is 1300. The number of hydrogen-bond donors (Lipinski definition) is 2. The molecule has 3 amide bonds. The van der Waals surface area contributed by atoms with Crippen molar-refractivity contribution >= 4 is 23.9 Å². The van der Waals surface area contributed by atoms with Crippen molar-refractivity contribution in [1.29, 1.82) is 0 Å². The minimum Gasteiger partial charge on any atom is -0.458 e. The van der Waals surface area contributed by atoms with Crippen LogP contribution in [0.25, 0.3) is 0 Å². The van der Waals surface area contributed by atoms with E-state index in [0.717, 1.165) is 11.1 Å². The van der Waals surface area contributed by atoms with E-state index < -0.39 is 59.2 Å². The minimum absolute atomic E-state index is 0.203. The monoisotopic (exact) mass is 637 g/mol. The summed E-state index contributed by atoms with van der Waals surface area (Å²) in [6.45, 7) is 20.2. The summed E-state index contributed by atoms with van der Waals surface area (Å²) in [6, 6.07) is 13.3. The van der Waals surface area contributed by atoms with Gasteiger partial charge in [0.2, 0.25) is 11.8 Å². The molecule has 0 aromatic heterocycles. The second-order valence-electron chi connectivity index (χ2n) is 14.1. The van der Waals surface area contributed by atoms with Crippen molar-refractivity contribution in [2.24, 2.45) is 5.92 Å². The van der Waals surface area contributed by atoms with Gasteiger partial charge in [0.1, 0.15) is 29.3 Å². The summed E-state index contributed by atoms with van der Waals surface area (Å²) in [5.41, 5.74) is 0.883. The van der Waals surface area contributed by atoms with Gasteiger partial charge in [-0.15, -0.1) is 0 Å². The fourth-order valence-electron chi connectivity index (χ4n) is 4.93. The smallest absolute Gasteiger partial charge is 0.408 e. The highest BCUT2D eigenvalue weighted by Crippen LogP contribution is 2.29. The maximum Gasteiger partial charge on any atom is 0.408 e. The van der Waals surface area contributed by atoms with Crippen LogP contribution in [0.4, 0.5) is 4.79 Å². The van der Waals surface area contributed by atoms with E-state index in [1.54, 1.807) is 46.4 Å². The molecule has 2 N–H and O–H groups in total. The van der Waals surface area contributed by atoms with Gasteiger partial charge < -0.3 is 25.0 Å². The number of nitrogens with zero attached hydrogens (tertiary/aromatic N) is 1. The maximum absolute atomic E-state index is 14.6. The standard InChI is InChI=1S/C37H55N3O6/c1-12-25(4)30(39-35(44)46-37(9,10)11)33(42)40(26(5)13-2)31(28-21-19-24(3)20-22-28)32(41)38-29(34(43)45-36(6,7)8)23-27-17-15-14-16-18-27/h14-22,25-26,29-31H,12-13,23H2,1-11H3,(H,38,41)(H,39,44). The Labute approximate surface area is 275 Å². The van der Waals surface area contributed by atoms with E-state index in [4.69, 9.17) is 9.47 Å². The molecule has 0 aliphatic heterocycles. The molecule has 2 aromatic carbocycles. The SMILES string of the molecule is CCC(C)C(NC(=O)OC(C)(C)C)C(=O)N(C(C)CC)C(C(=O)NC(Cc1ccccc1)C(=O)OC(C)(C)C)c1ccc(C)cc1. The van der Waals surface area contributed by atoms with Crippen molar-refractivity contribution in [3.63, 3.8) is 0 Å². The van der Waals surface area contributed by atoms with Crippen LogP contribution in [-0.4, -0.2) is 58.1 Å². The number of ether oxygens (including phenoxy) is 2. The highest BCUT2D eigenvalue weighted by molar-refractivity contribution is 5.94. The van der Waals surface area contributed by atoms with Gasteiger partial charge in [0.25, 0.3) is 0 Å². The lowest BCUT2D eigenvalue weighted by Crippen LogP contribution is -2.58. The molecular weight excluding hydrogens is 582 g/mol. The van der Waals surface area contributed by atoms with Crippen molar-refractivity contribution in [2.75, 3.05) is 0 Å². The molecular formula is C37H55N3O6. The lowest BCUT2D eigenvalue weighted by Gasteiger charge is -2.40. The summed E-state index contributed by atoms with van der Waals surface area (Å²) >= 11 is 0. The fourth-order valence-corrected chi connectivity index (χ4v) is 4.93. The third kappa shape index (κ3) is 11.8. The number of carbonyl (C=O) groups excluding carboxylic acids is 4. The van der Waals surface area contributed by atoms with Crippen LogP contribution in [0.15, 0.2) is 54.6 Å². The van der Waals surface area contributed by atoms with Gasteiger partial charge in [0.05, 0.1) is 0 Å². The predicted octanol–water partition coefficient (Wildman–Crippen LogP) is 6.67. The normalized spacial score (nSPS) is 15.0. The Balaban J connectivity index is 2.64. The van der Waals surface area contributed by atoms with Crippen LogP contribution in [0.5, 0.6) is 0 Å². The van der Waals surface area contributed by atoms with Gasteiger partial charge in [-0.25, -0.2) is 9.59 Å². The second-order valence-corrected chi connectivity index (χ2v) is 14.1. The van der Waals surface area contributed by atoms with Crippen LogP contribution in [-0.2, 0) is 30.3 Å². The van der Waals surface area contributed by atoms with Gasteiger partial charge in [-0.1, -0.05) is 87.4 Å². The molecule has 9 nitrogen and oxygen atoms in total. The average Bonchev–Trinajstić information content (AvgIpc) is 2.96.